The lowest BCUT2D eigenvalue weighted by molar-refractivity contribution is 0.333. The van der Waals surface area contributed by atoms with Gasteiger partial charge in [-0.2, -0.15) is 0 Å². The Bertz CT molecular complexity index is 160. The largest absolute Gasteiger partial charge is 0.393 e. The summed E-state index contributed by atoms with van der Waals surface area (Å²) in [5.74, 6) is 0. The predicted octanol–water partition coefficient (Wildman–Crippen LogP) is 2.95. The molecule has 2 nitrogen and oxygen atoms in total. The number of hydrogen-bond acceptors (Lipinski definition) is 2. The van der Waals surface area contributed by atoms with Gasteiger partial charge in [0, 0.05) is 13.0 Å². The van der Waals surface area contributed by atoms with E-state index in [0.717, 1.165) is 13.0 Å². The van der Waals surface area contributed by atoms with Crippen molar-refractivity contribution in [1.29, 1.82) is 0 Å². The topological polar surface area (TPSA) is 29.3 Å². The number of thiocarbonyl (C=S) groups is 1. The Hall–Kier alpha value is -0.150. The molecule has 0 rings (SSSR count). The van der Waals surface area contributed by atoms with Gasteiger partial charge >= 0.3 is 0 Å². The minimum atomic E-state index is 0.629. The van der Waals surface area contributed by atoms with Crippen molar-refractivity contribution in [3.63, 3.8) is 0 Å². The van der Waals surface area contributed by atoms with Crippen LogP contribution in [0.4, 0.5) is 0 Å². The van der Waals surface area contributed by atoms with Crippen molar-refractivity contribution in [2.24, 2.45) is 5.73 Å². The van der Waals surface area contributed by atoms with Crippen LogP contribution in [0.5, 0.6) is 0 Å². The highest BCUT2D eigenvalue weighted by Crippen LogP contribution is 2.05. The molecule has 0 aromatic carbocycles. The smallest absolute Gasteiger partial charge is 0.0740 e. The van der Waals surface area contributed by atoms with E-state index >= 15 is 0 Å². The molecule has 0 aromatic heterocycles. The van der Waals surface area contributed by atoms with E-state index < -0.39 is 0 Å². The molecular formula is C12H26N2S. The summed E-state index contributed by atoms with van der Waals surface area (Å²) in [6.45, 7) is 4.43. The van der Waals surface area contributed by atoms with Gasteiger partial charge in [0.25, 0.3) is 0 Å². The van der Waals surface area contributed by atoms with Crippen LogP contribution in [0.2, 0.25) is 0 Å². The summed E-state index contributed by atoms with van der Waals surface area (Å²) in [4.78, 5) is 2.95. The fraction of sp³-hybridized carbons (Fsp3) is 0.917. The first-order chi connectivity index (χ1) is 7.16. The number of nitrogens with two attached hydrogens (primary N) is 1. The molecule has 0 bridgehead atoms. The van der Waals surface area contributed by atoms with Crippen LogP contribution in [-0.2, 0) is 0 Å². The molecule has 0 aliphatic rings. The maximum atomic E-state index is 5.46. The first kappa shape index (κ1) is 14.8. The molecule has 0 spiro atoms. The molecule has 0 fully saturated rings. The zero-order valence-electron chi connectivity index (χ0n) is 10.3. The molecule has 90 valence electrons. The van der Waals surface area contributed by atoms with Crippen LogP contribution >= 0.6 is 12.2 Å². The molecule has 3 heteroatoms. The van der Waals surface area contributed by atoms with E-state index in [-0.39, 0.29) is 0 Å². The van der Waals surface area contributed by atoms with Crippen LogP contribution < -0.4 is 5.73 Å². The van der Waals surface area contributed by atoms with Gasteiger partial charge < -0.3 is 10.6 Å². The van der Waals surface area contributed by atoms with E-state index in [9.17, 15) is 0 Å². The number of unbranched alkanes of at least 4 members (excludes halogenated alkanes) is 5. The second-order valence-corrected chi connectivity index (χ2v) is 4.81. The van der Waals surface area contributed by atoms with Gasteiger partial charge in [-0.15, -0.1) is 0 Å². The van der Waals surface area contributed by atoms with Crippen LogP contribution in [-0.4, -0.2) is 30.0 Å². The quantitative estimate of drug-likeness (QED) is 0.462. The van der Waals surface area contributed by atoms with E-state index in [0.29, 0.717) is 4.99 Å². The first-order valence-corrected chi connectivity index (χ1v) is 6.54. The van der Waals surface area contributed by atoms with Crippen molar-refractivity contribution in [2.45, 2.75) is 51.9 Å². The maximum Gasteiger partial charge on any atom is 0.0740 e. The van der Waals surface area contributed by atoms with Crippen LogP contribution in [0.1, 0.15) is 51.9 Å². The third kappa shape index (κ3) is 11.8. The second kappa shape index (κ2) is 10.4. The molecule has 0 unspecified atom stereocenters. The van der Waals surface area contributed by atoms with Crippen molar-refractivity contribution >= 4 is 17.2 Å². The highest BCUT2D eigenvalue weighted by Gasteiger charge is 1.98. The number of nitrogens with zero attached hydrogens (tertiary/aromatic N) is 1. The molecule has 0 atom stereocenters. The molecule has 0 saturated carbocycles. The van der Waals surface area contributed by atoms with Crippen LogP contribution in [0.15, 0.2) is 0 Å². The Morgan fingerprint density at radius 1 is 1.07 bits per heavy atom. The van der Waals surface area contributed by atoms with Crippen LogP contribution in [0.3, 0.4) is 0 Å². The predicted molar refractivity (Wildman–Crippen MR) is 72.3 cm³/mol. The summed E-state index contributed by atoms with van der Waals surface area (Å²) in [5.41, 5.74) is 5.46. The molecule has 0 aliphatic carbocycles. The van der Waals surface area contributed by atoms with Gasteiger partial charge in [-0.1, -0.05) is 51.2 Å². The van der Waals surface area contributed by atoms with Crippen LogP contribution in [0, 0.1) is 0 Å². The standard InChI is InChI=1S/C12H26N2S/c1-3-4-5-6-7-8-10-14(2)11-9-12(13)15/h3-11H2,1-2H3,(H2,13,15). The zero-order chi connectivity index (χ0) is 11.5. The van der Waals surface area contributed by atoms with E-state index in [2.05, 4.69) is 18.9 Å². The monoisotopic (exact) mass is 230 g/mol. The molecular weight excluding hydrogens is 204 g/mol. The summed E-state index contributed by atoms with van der Waals surface area (Å²) >= 11 is 4.85. The zero-order valence-corrected chi connectivity index (χ0v) is 11.1. The van der Waals surface area contributed by atoms with Crippen LogP contribution in [0.25, 0.3) is 0 Å². The summed E-state index contributed by atoms with van der Waals surface area (Å²) < 4.78 is 0. The van der Waals surface area contributed by atoms with Gasteiger partial charge in [0.05, 0.1) is 4.99 Å². The fourth-order valence-electron chi connectivity index (χ4n) is 1.57. The maximum absolute atomic E-state index is 5.46. The second-order valence-electron chi connectivity index (χ2n) is 4.29. The minimum absolute atomic E-state index is 0.629. The molecule has 15 heavy (non-hydrogen) atoms. The molecule has 0 saturated heterocycles. The van der Waals surface area contributed by atoms with Crippen molar-refractivity contribution in [3.05, 3.63) is 0 Å². The number of hydrogen-bond donors (Lipinski definition) is 1. The molecule has 0 amide bonds. The van der Waals surface area contributed by atoms with Crippen molar-refractivity contribution in [3.8, 4) is 0 Å². The van der Waals surface area contributed by atoms with E-state index in [4.69, 9.17) is 18.0 Å². The van der Waals surface area contributed by atoms with E-state index in [1.807, 2.05) is 0 Å². The highest BCUT2D eigenvalue weighted by molar-refractivity contribution is 7.80. The summed E-state index contributed by atoms with van der Waals surface area (Å²) in [6.07, 6.45) is 9.01. The molecule has 0 radical (unpaired) electrons. The van der Waals surface area contributed by atoms with Gasteiger partial charge in [0.15, 0.2) is 0 Å². The third-order valence-corrected chi connectivity index (χ3v) is 2.84. The average molecular weight is 230 g/mol. The van der Waals surface area contributed by atoms with Gasteiger partial charge in [0.1, 0.15) is 0 Å². The normalized spacial score (nSPS) is 10.9. The Balaban J connectivity index is 3.16. The highest BCUT2D eigenvalue weighted by atomic mass is 32.1. The Kier molecular flexibility index (Phi) is 10.3. The van der Waals surface area contributed by atoms with Crippen molar-refractivity contribution in [1.82, 2.24) is 4.90 Å². The summed E-state index contributed by atoms with van der Waals surface area (Å²) in [7, 11) is 2.14. The molecule has 0 aliphatic heterocycles. The Labute approximate surface area is 100 Å². The van der Waals surface area contributed by atoms with Gasteiger partial charge in [0.2, 0.25) is 0 Å². The first-order valence-electron chi connectivity index (χ1n) is 6.13. The summed E-state index contributed by atoms with van der Waals surface area (Å²) in [5, 5.41) is 0. The molecule has 0 heterocycles. The lowest BCUT2D eigenvalue weighted by Gasteiger charge is -2.15. The Morgan fingerprint density at radius 3 is 2.27 bits per heavy atom. The van der Waals surface area contributed by atoms with Crippen molar-refractivity contribution in [2.75, 3.05) is 20.1 Å². The third-order valence-electron chi connectivity index (χ3n) is 2.63. The SMILES string of the molecule is CCCCCCCCN(C)CCC(N)=S. The molecule has 2 N–H and O–H groups in total. The molecule has 0 aromatic rings. The average Bonchev–Trinajstić information content (AvgIpc) is 2.20. The minimum Gasteiger partial charge on any atom is -0.393 e. The fourth-order valence-corrected chi connectivity index (χ4v) is 1.67. The van der Waals surface area contributed by atoms with E-state index in [1.54, 1.807) is 0 Å². The van der Waals surface area contributed by atoms with Gasteiger partial charge in [-0.05, 0) is 20.0 Å². The number of rotatable bonds is 10. The lowest BCUT2D eigenvalue weighted by atomic mass is 10.1. The lowest BCUT2D eigenvalue weighted by Crippen LogP contribution is -2.24. The van der Waals surface area contributed by atoms with Gasteiger partial charge in [-0.3, -0.25) is 0 Å². The Morgan fingerprint density at radius 2 is 1.67 bits per heavy atom. The summed E-state index contributed by atoms with van der Waals surface area (Å²) in [6, 6.07) is 0. The van der Waals surface area contributed by atoms with Crippen molar-refractivity contribution < 1.29 is 0 Å². The van der Waals surface area contributed by atoms with Gasteiger partial charge in [-0.25, -0.2) is 0 Å². The van der Waals surface area contributed by atoms with E-state index in [1.165, 1.54) is 45.1 Å².